The third-order valence-corrected chi connectivity index (χ3v) is 7.91. The summed E-state index contributed by atoms with van der Waals surface area (Å²) in [4.78, 5) is 18.5. The third-order valence-electron chi connectivity index (χ3n) is 6.55. The Hall–Kier alpha value is -1.86. The van der Waals surface area contributed by atoms with Crippen LogP contribution in [-0.4, -0.2) is 58.7 Å². The van der Waals surface area contributed by atoms with E-state index in [-0.39, 0.29) is 5.92 Å². The zero-order valence-electron chi connectivity index (χ0n) is 18.0. The molecule has 1 aliphatic carbocycles. The highest BCUT2D eigenvalue weighted by molar-refractivity contribution is 8.00. The van der Waals surface area contributed by atoms with Crippen molar-refractivity contribution in [2.24, 2.45) is 11.8 Å². The fourth-order valence-electron chi connectivity index (χ4n) is 4.54. The number of hydrogen-bond acceptors (Lipinski definition) is 5. The Morgan fingerprint density at radius 1 is 1.35 bits per heavy atom. The average Bonchev–Trinajstić information content (AvgIpc) is 3.61. The highest BCUT2D eigenvalue weighted by Gasteiger charge is 2.34. The summed E-state index contributed by atoms with van der Waals surface area (Å²) < 4.78 is 20.6. The minimum absolute atomic E-state index is 0.0192. The summed E-state index contributed by atoms with van der Waals surface area (Å²) in [6.45, 7) is 2.44. The number of aliphatic carboxylic acids is 1. The van der Waals surface area contributed by atoms with Crippen molar-refractivity contribution in [1.82, 2.24) is 9.88 Å². The lowest BCUT2D eigenvalue weighted by molar-refractivity contribution is -0.146. The van der Waals surface area contributed by atoms with E-state index in [1.165, 1.54) is 12.8 Å². The zero-order valence-corrected chi connectivity index (χ0v) is 18.8. The van der Waals surface area contributed by atoms with Gasteiger partial charge in [0, 0.05) is 35.7 Å². The number of nitrogens with zero attached hydrogens (tertiary/aromatic N) is 2. The Labute approximate surface area is 187 Å². The minimum atomic E-state index is -1.15. The third kappa shape index (κ3) is 5.69. The van der Waals surface area contributed by atoms with E-state index in [2.05, 4.69) is 9.88 Å². The van der Waals surface area contributed by atoms with Crippen LogP contribution in [0.25, 0.3) is 10.9 Å². The number of ether oxygens (including phenoxy) is 1. The molecule has 4 rings (SSSR count). The number of thioether (sulfide) groups is 1. The molecule has 7 heteroatoms. The first-order valence-electron chi connectivity index (χ1n) is 11.2. The van der Waals surface area contributed by atoms with Gasteiger partial charge >= 0.3 is 5.97 Å². The maximum Gasteiger partial charge on any atom is 0.308 e. The molecule has 2 heterocycles. The fourth-order valence-corrected chi connectivity index (χ4v) is 5.71. The first kappa shape index (κ1) is 22.3. The molecule has 31 heavy (non-hydrogen) atoms. The maximum atomic E-state index is 15.3. The number of halogens is 1. The normalized spacial score (nSPS) is 23.0. The van der Waals surface area contributed by atoms with Crippen molar-refractivity contribution in [2.75, 3.05) is 32.5 Å². The van der Waals surface area contributed by atoms with E-state index in [9.17, 15) is 9.90 Å². The molecule has 1 aliphatic heterocycles. The standard InChI is InChI=1S/C24H31FN2O3S/c1-30-17-3-7-23-20(14-17)19(8-10-26-23)22(25)6-2-16-9-11-27(15-21(16)24(28)29)12-13-31-18-4-5-18/h3,7-8,10,14,16,18,21-22H,2,4-6,9,11-13,15H2,1H3,(H,28,29)/t16-,21+,22?/m1/s1. The lowest BCUT2D eigenvalue weighted by Crippen LogP contribution is -2.44. The maximum absolute atomic E-state index is 15.3. The number of carbonyl (C=O) groups is 1. The minimum Gasteiger partial charge on any atom is -0.497 e. The number of carboxylic acid groups (broad SMARTS) is 1. The molecule has 1 N–H and O–H groups in total. The Balaban J connectivity index is 1.36. The number of methoxy groups -OCH3 is 1. The van der Waals surface area contributed by atoms with Crippen LogP contribution < -0.4 is 4.74 Å². The molecule has 1 aromatic carbocycles. The molecule has 5 nitrogen and oxygen atoms in total. The topological polar surface area (TPSA) is 62.7 Å². The van der Waals surface area contributed by atoms with Crippen molar-refractivity contribution in [3.63, 3.8) is 0 Å². The van der Waals surface area contributed by atoms with Crippen molar-refractivity contribution in [3.8, 4) is 5.75 Å². The molecule has 1 unspecified atom stereocenters. The van der Waals surface area contributed by atoms with Crippen molar-refractivity contribution in [2.45, 2.75) is 43.5 Å². The summed E-state index contributed by atoms with van der Waals surface area (Å²) in [6, 6.07) is 7.20. The second kappa shape index (κ2) is 10.2. The van der Waals surface area contributed by atoms with E-state index in [0.29, 0.717) is 30.7 Å². The summed E-state index contributed by atoms with van der Waals surface area (Å²) >= 11 is 2.01. The van der Waals surface area contributed by atoms with Crippen LogP contribution in [0.1, 0.15) is 43.8 Å². The lowest BCUT2D eigenvalue weighted by atomic mass is 9.81. The highest BCUT2D eigenvalue weighted by atomic mass is 32.2. The van der Waals surface area contributed by atoms with E-state index in [1.807, 2.05) is 30.0 Å². The Kier molecular flexibility index (Phi) is 7.33. The van der Waals surface area contributed by atoms with Crippen molar-refractivity contribution in [1.29, 1.82) is 0 Å². The van der Waals surface area contributed by atoms with Crippen LogP contribution in [0.2, 0.25) is 0 Å². The number of benzene rings is 1. The highest BCUT2D eigenvalue weighted by Crippen LogP contribution is 2.36. The number of rotatable bonds is 10. The van der Waals surface area contributed by atoms with Gasteiger partial charge in [-0.3, -0.25) is 9.78 Å². The molecule has 1 saturated carbocycles. The Morgan fingerprint density at radius 2 is 2.19 bits per heavy atom. The summed E-state index contributed by atoms with van der Waals surface area (Å²) in [5, 5.41) is 11.4. The predicted molar refractivity (Wildman–Crippen MR) is 123 cm³/mol. The van der Waals surface area contributed by atoms with Crippen molar-refractivity contribution in [3.05, 3.63) is 36.0 Å². The van der Waals surface area contributed by atoms with Crippen LogP contribution in [-0.2, 0) is 4.79 Å². The second-order valence-corrected chi connectivity index (χ2v) is 10.1. The number of piperidine rings is 1. The van der Waals surface area contributed by atoms with Gasteiger partial charge < -0.3 is 14.7 Å². The summed E-state index contributed by atoms with van der Waals surface area (Å²) in [6.07, 6.45) is 4.86. The van der Waals surface area contributed by atoms with Gasteiger partial charge in [0.2, 0.25) is 0 Å². The Morgan fingerprint density at radius 3 is 2.94 bits per heavy atom. The summed E-state index contributed by atoms with van der Waals surface area (Å²) in [5.74, 6) is 0.602. The van der Waals surface area contributed by atoms with Gasteiger partial charge in [0.15, 0.2) is 0 Å². The van der Waals surface area contributed by atoms with E-state index in [0.717, 1.165) is 41.4 Å². The van der Waals surface area contributed by atoms with Gasteiger partial charge in [0.1, 0.15) is 11.9 Å². The first-order chi connectivity index (χ1) is 15.0. The number of carboxylic acids is 1. The van der Waals surface area contributed by atoms with Crippen LogP contribution >= 0.6 is 11.8 Å². The van der Waals surface area contributed by atoms with Crippen LogP contribution in [0.5, 0.6) is 5.75 Å². The molecule has 0 radical (unpaired) electrons. The predicted octanol–water partition coefficient (Wildman–Crippen LogP) is 4.95. The number of likely N-dealkylation sites (tertiary alicyclic amines) is 1. The molecule has 2 fully saturated rings. The summed E-state index contributed by atoms with van der Waals surface area (Å²) in [7, 11) is 1.59. The van der Waals surface area contributed by atoms with Crippen LogP contribution in [0.4, 0.5) is 4.39 Å². The molecular formula is C24H31FN2O3S. The molecular weight excluding hydrogens is 415 g/mol. The van der Waals surface area contributed by atoms with E-state index in [1.54, 1.807) is 19.4 Å². The average molecular weight is 447 g/mol. The number of hydrogen-bond donors (Lipinski definition) is 1. The molecule has 3 atom stereocenters. The van der Waals surface area contributed by atoms with Crippen LogP contribution in [0, 0.1) is 11.8 Å². The fraction of sp³-hybridized carbons (Fsp3) is 0.583. The molecule has 168 valence electrons. The van der Waals surface area contributed by atoms with E-state index < -0.39 is 18.1 Å². The van der Waals surface area contributed by atoms with Crippen LogP contribution in [0.15, 0.2) is 30.5 Å². The number of fused-ring (bicyclic) bond motifs is 1. The van der Waals surface area contributed by atoms with Crippen molar-refractivity contribution < 1.29 is 19.0 Å². The molecule has 2 aliphatic rings. The summed E-state index contributed by atoms with van der Waals surface area (Å²) in [5.41, 5.74) is 1.34. The SMILES string of the molecule is COc1ccc2nccc(C(F)CC[C@@H]3CCN(CCSC4CC4)C[C@@H]3C(=O)O)c2c1. The molecule has 1 aromatic heterocycles. The largest absolute Gasteiger partial charge is 0.497 e. The van der Waals surface area contributed by atoms with Gasteiger partial charge in [-0.2, -0.15) is 11.8 Å². The van der Waals surface area contributed by atoms with Gasteiger partial charge in [-0.15, -0.1) is 0 Å². The molecule has 1 saturated heterocycles. The molecule has 0 bridgehead atoms. The molecule has 0 spiro atoms. The quantitative estimate of drug-likeness (QED) is 0.557. The first-order valence-corrected chi connectivity index (χ1v) is 12.2. The number of alkyl halides is 1. The number of pyridine rings is 1. The zero-order chi connectivity index (χ0) is 21.8. The lowest BCUT2D eigenvalue weighted by Gasteiger charge is -2.36. The van der Waals surface area contributed by atoms with Gasteiger partial charge in [0.05, 0.1) is 18.5 Å². The van der Waals surface area contributed by atoms with Crippen molar-refractivity contribution >= 4 is 28.6 Å². The molecule has 2 aromatic rings. The van der Waals surface area contributed by atoms with Gasteiger partial charge in [0.25, 0.3) is 0 Å². The number of aromatic nitrogens is 1. The second-order valence-electron chi connectivity index (χ2n) is 8.69. The van der Waals surface area contributed by atoms with Gasteiger partial charge in [-0.25, -0.2) is 4.39 Å². The Bertz CT molecular complexity index is 908. The smallest absolute Gasteiger partial charge is 0.308 e. The van der Waals surface area contributed by atoms with Gasteiger partial charge in [-0.1, -0.05) is 0 Å². The van der Waals surface area contributed by atoms with E-state index in [4.69, 9.17) is 4.74 Å². The monoisotopic (exact) mass is 446 g/mol. The van der Waals surface area contributed by atoms with E-state index >= 15 is 4.39 Å². The van der Waals surface area contributed by atoms with Gasteiger partial charge in [-0.05, 0) is 74.4 Å². The van der Waals surface area contributed by atoms with Crippen LogP contribution in [0.3, 0.4) is 0 Å². The molecule has 0 amide bonds.